The Bertz CT molecular complexity index is 374. The molecule has 0 aliphatic carbocycles. The van der Waals surface area contributed by atoms with E-state index in [1.807, 2.05) is 0 Å². The second-order valence-corrected chi connectivity index (χ2v) is 4.10. The predicted molar refractivity (Wildman–Crippen MR) is 72.2 cm³/mol. The molecule has 0 aliphatic heterocycles. The molecule has 0 rings (SSSR count). The third-order valence-corrected chi connectivity index (χ3v) is 2.47. The molecule has 6 heteroatoms. The molecular weight excluding hydrogens is 246 g/mol. The third kappa shape index (κ3) is 7.21. The van der Waals surface area contributed by atoms with Gasteiger partial charge >= 0.3 is 0 Å². The van der Waals surface area contributed by atoms with Crippen LogP contribution in [0.3, 0.4) is 0 Å². The van der Waals surface area contributed by atoms with Gasteiger partial charge in [-0.3, -0.25) is 14.4 Å². The maximum absolute atomic E-state index is 11.7. The van der Waals surface area contributed by atoms with Crippen LogP contribution in [0, 0.1) is 12.3 Å². The van der Waals surface area contributed by atoms with Crippen molar-refractivity contribution >= 4 is 17.6 Å². The first-order valence-corrected chi connectivity index (χ1v) is 6.19. The van der Waals surface area contributed by atoms with Crippen LogP contribution in [-0.2, 0) is 14.4 Å². The average molecular weight is 267 g/mol. The molecule has 0 saturated heterocycles. The first-order chi connectivity index (χ1) is 8.92. The molecule has 2 atom stereocenters. The average Bonchev–Trinajstić information content (AvgIpc) is 2.39. The van der Waals surface area contributed by atoms with Gasteiger partial charge in [-0.05, 0) is 13.8 Å². The maximum atomic E-state index is 11.7. The Morgan fingerprint density at radius 2 is 1.89 bits per heavy atom. The lowest BCUT2D eigenvalue weighted by molar-refractivity contribution is -0.126. The highest BCUT2D eigenvalue weighted by atomic mass is 16.2. The summed E-state index contributed by atoms with van der Waals surface area (Å²) in [5.41, 5.74) is 0. The number of hydrogen-bond donors (Lipinski definition) is 3. The molecule has 0 unspecified atom stereocenters. The molecule has 0 bridgehead atoms. The zero-order chi connectivity index (χ0) is 14.8. The predicted octanol–water partition coefficient (Wildman–Crippen LogP) is -0.802. The molecule has 3 N–H and O–H groups in total. The van der Waals surface area contributed by atoms with E-state index in [2.05, 4.69) is 21.9 Å². The molecule has 2 amide bonds. The molecule has 6 nitrogen and oxygen atoms in total. The molecule has 19 heavy (non-hydrogen) atoms. The van der Waals surface area contributed by atoms with Gasteiger partial charge in [0.2, 0.25) is 11.8 Å². The summed E-state index contributed by atoms with van der Waals surface area (Å²) in [7, 11) is 0. The molecule has 0 fully saturated rings. The number of carbonyl (C=O) groups excluding carboxylic acids is 3. The Labute approximate surface area is 113 Å². The van der Waals surface area contributed by atoms with E-state index in [1.54, 1.807) is 13.8 Å². The fourth-order valence-corrected chi connectivity index (χ4v) is 1.24. The fraction of sp³-hybridized carbons (Fsp3) is 0.615. The second-order valence-electron chi connectivity index (χ2n) is 4.10. The van der Waals surface area contributed by atoms with Gasteiger partial charge in [0.1, 0.15) is 6.04 Å². The molecule has 106 valence electrons. The first kappa shape index (κ1) is 17.1. The van der Waals surface area contributed by atoms with Crippen LogP contribution in [0.4, 0.5) is 0 Å². The zero-order valence-corrected chi connectivity index (χ0v) is 11.6. The molecule has 0 aromatic rings. The minimum Gasteiger partial charge on any atom is -0.355 e. The third-order valence-electron chi connectivity index (χ3n) is 2.47. The Balaban J connectivity index is 3.98. The first-order valence-electron chi connectivity index (χ1n) is 6.19. The van der Waals surface area contributed by atoms with Crippen LogP contribution in [0.1, 0.15) is 27.2 Å². The van der Waals surface area contributed by atoms with E-state index in [-0.39, 0.29) is 17.6 Å². The molecule has 0 heterocycles. The van der Waals surface area contributed by atoms with Crippen LogP contribution in [0.25, 0.3) is 0 Å². The molecule has 0 spiro atoms. The summed E-state index contributed by atoms with van der Waals surface area (Å²) >= 11 is 0. The normalized spacial score (nSPS) is 12.9. The van der Waals surface area contributed by atoms with Crippen LogP contribution >= 0.6 is 0 Å². The number of terminal acetylenes is 1. The van der Waals surface area contributed by atoms with Gasteiger partial charge in [0.25, 0.3) is 0 Å². The Morgan fingerprint density at radius 1 is 1.26 bits per heavy atom. The number of amides is 2. The van der Waals surface area contributed by atoms with Crippen molar-refractivity contribution in [1.29, 1.82) is 0 Å². The highest BCUT2D eigenvalue weighted by Gasteiger charge is 2.18. The monoisotopic (exact) mass is 267 g/mol. The van der Waals surface area contributed by atoms with E-state index in [0.29, 0.717) is 19.5 Å². The van der Waals surface area contributed by atoms with Gasteiger partial charge in [0.15, 0.2) is 5.78 Å². The van der Waals surface area contributed by atoms with Crippen LogP contribution in [0.2, 0.25) is 0 Å². The lowest BCUT2D eigenvalue weighted by Crippen LogP contribution is -2.49. The summed E-state index contributed by atoms with van der Waals surface area (Å²) in [6, 6.07) is -1.38. The van der Waals surface area contributed by atoms with Gasteiger partial charge < -0.3 is 16.0 Å². The van der Waals surface area contributed by atoms with Crippen molar-refractivity contribution in [3.05, 3.63) is 0 Å². The highest BCUT2D eigenvalue weighted by Crippen LogP contribution is 1.88. The molecule has 0 aromatic carbocycles. The number of ketones is 1. The van der Waals surface area contributed by atoms with Gasteiger partial charge in [-0.1, -0.05) is 12.8 Å². The summed E-state index contributed by atoms with van der Waals surface area (Å²) in [5.74, 6) is 1.55. The van der Waals surface area contributed by atoms with E-state index in [4.69, 9.17) is 6.42 Å². The van der Waals surface area contributed by atoms with Crippen molar-refractivity contribution in [1.82, 2.24) is 16.0 Å². The Morgan fingerprint density at radius 3 is 2.37 bits per heavy atom. The lowest BCUT2D eigenvalue weighted by atomic mass is 10.2. The van der Waals surface area contributed by atoms with E-state index in [9.17, 15) is 14.4 Å². The number of carbonyl (C=O) groups is 3. The quantitative estimate of drug-likeness (QED) is 0.397. The summed E-state index contributed by atoms with van der Waals surface area (Å²) in [6.45, 7) is 5.64. The molecule has 0 aliphatic rings. The lowest BCUT2D eigenvalue weighted by Gasteiger charge is -2.16. The summed E-state index contributed by atoms with van der Waals surface area (Å²) in [6.07, 6.45) is 5.57. The van der Waals surface area contributed by atoms with Crippen molar-refractivity contribution in [2.45, 2.75) is 39.3 Å². The van der Waals surface area contributed by atoms with Crippen LogP contribution in [0.15, 0.2) is 0 Å². The van der Waals surface area contributed by atoms with Gasteiger partial charge in [-0.25, -0.2) is 0 Å². The molecule has 0 radical (unpaired) electrons. The highest BCUT2D eigenvalue weighted by molar-refractivity contribution is 5.91. The van der Waals surface area contributed by atoms with Crippen LogP contribution < -0.4 is 16.0 Å². The van der Waals surface area contributed by atoms with Crippen LogP contribution in [-0.4, -0.2) is 42.8 Å². The van der Waals surface area contributed by atoms with Crippen molar-refractivity contribution in [3.8, 4) is 12.3 Å². The van der Waals surface area contributed by atoms with Crippen LogP contribution in [0.5, 0.6) is 0 Å². The SMILES string of the molecule is C#C[C@H](NC(=O)[C@H](C)NCCNC(=O)CC)C(C)=O. The number of hydrogen-bond acceptors (Lipinski definition) is 4. The van der Waals surface area contributed by atoms with E-state index < -0.39 is 12.1 Å². The van der Waals surface area contributed by atoms with Gasteiger partial charge in [-0.15, -0.1) is 6.42 Å². The summed E-state index contributed by atoms with van der Waals surface area (Å²) in [5, 5.41) is 8.05. The largest absolute Gasteiger partial charge is 0.355 e. The number of nitrogens with one attached hydrogen (secondary N) is 3. The number of rotatable bonds is 8. The van der Waals surface area contributed by atoms with Gasteiger partial charge in [0.05, 0.1) is 6.04 Å². The zero-order valence-electron chi connectivity index (χ0n) is 11.6. The Kier molecular flexibility index (Phi) is 8.22. The summed E-state index contributed by atoms with van der Waals surface area (Å²) in [4.78, 5) is 33.7. The molecule has 0 aromatic heterocycles. The maximum Gasteiger partial charge on any atom is 0.238 e. The standard InChI is InChI=1S/C13H21N3O3/c1-5-11(10(4)17)16-13(19)9(3)14-7-8-15-12(18)6-2/h1,9,11,14H,6-8H2,2-4H3,(H,15,18)(H,16,19)/t9-,11-/m0/s1. The summed E-state index contributed by atoms with van der Waals surface area (Å²) < 4.78 is 0. The topological polar surface area (TPSA) is 87.3 Å². The molecule has 0 saturated carbocycles. The molecular formula is C13H21N3O3. The fourth-order valence-electron chi connectivity index (χ4n) is 1.24. The second kappa shape index (κ2) is 9.11. The van der Waals surface area contributed by atoms with Crippen molar-refractivity contribution in [2.24, 2.45) is 0 Å². The van der Waals surface area contributed by atoms with Crippen molar-refractivity contribution < 1.29 is 14.4 Å². The Hall–Kier alpha value is -1.87. The van der Waals surface area contributed by atoms with E-state index >= 15 is 0 Å². The van der Waals surface area contributed by atoms with E-state index in [1.165, 1.54) is 6.92 Å². The minimum absolute atomic E-state index is 0.0390. The van der Waals surface area contributed by atoms with Gasteiger partial charge in [0, 0.05) is 19.5 Å². The number of Topliss-reactive ketones (excluding diaryl/α,β-unsaturated/α-hetero) is 1. The van der Waals surface area contributed by atoms with E-state index in [0.717, 1.165) is 0 Å². The van der Waals surface area contributed by atoms with Crippen molar-refractivity contribution in [3.63, 3.8) is 0 Å². The van der Waals surface area contributed by atoms with Gasteiger partial charge in [-0.2, -0.15) is 0 Å². The smallest absolute Gasteiger partial charge is 0.238 e. The van der Waals surface area contributed by atoms with Crippen molar-refractivity contribution in [2.75, 3.05) is 13.1 Å². The minimum atomic E-state index is -0.892.